The summed E-state index contributed by atoms with van der Waals surface area (Å²) in [5.41, 5.74) is 4.59. The Kier molecular flexibility index (Phi) is 2.99. The third kappa shape index (κ3) is 1.90. The Balaban J connectivity index is 2.36. The van der Waals surface area contributed by atoms with Crippen molar-refractivity contribution in [1.29, 1.82) is 0 Å². The normalized spacial score (nSPS) is 13.5. The van der Waals surface area contributed by atoms with Crippen molar-refractivity contribution in [2.45, 2.75) is 19.4 Å². The van der Waals surface area contributed by atoms with Gasteiger partial charge < -0.3 is 9.30 Å². The van der Waals surface area contributed by atoms with E-state index in [1.54, 1.807) is 0 Å². The summed E-state index contributed by atoms with van der Waals surface area (Å²) in [6.07, 6.45) is 3.17. The molecular formula is C16H19N3. The van der Waals surface area contributed by atoms with Crippen LogP contribution in [0.15, 0.2) is 42.6 Å². The van der Waals surface area contributed by atoms with Crippen LogP contribution in [0.25, 0.3) is 16.6 Å². The first-order valence-corrected chi connectivity index (χ1v) is 6.74. The highest BCUT2D eigenvalue weighted by Gasteiger charge is 2.18. The third-order valence-electron chi connectivity index (χ3n) is 3.72. The first-order valence-electron chi connectivity index (χ1n) is 6.74. The molecule has 0 bridgehead atoms. The van der Waals surface area contributed by atoms with Crippen molar-refractivity contribution >= 4 is 16.6 Å². The molecule has 98 valence electrons. The molecule has 2 aromatic heterocycles. The average molecular weight is 253 g/mol. The SMILES string of the molecule is CCC(c1nc2ccccc2n2cccc12)N(C)C. The Morgan fingerprint density at radius 3 is 2.58 bits per heavy atom. The van der Waals surface area contributed by atoms with E-state index in [0.29, 0.717) is 6.04 Å². The fourth-order valence-electron chi connectivity index (χ4n) is 2.80. The van der Waals surface area contributed by atoms with Crippen LogP contribution in [0.2, 0.25) is 0 Å². The van der Waals surface area contributed by atoms with E-state index >= 15 is 0 Å². The van der Waals surface area contributed by atoms with Gasteiger partial charge >= 0.3 is 0 Å². The van der Waals surface area contributed by atoms with Crippen LogP contribution in [0.1, 0.15) is 25.1 Å². The van der Waals surface area contributed by atoms with Crippen LogP contribution in [0.3, 0.4) is 0 Å². The van der Waals surface area contributed by atoms with Crippen molar-refractivity contribution in [2.24, 2.45) is 0 Å². The second kappa shape index (κ2) is 4.67. The molecule has 0 N–H and O–H groups in total. The molecule has 19 heavy (non-hydrogen) atoms. The smallest absolute Gasteiger partial charge is 0.0874 e. The predicted molar refractivity (Wildman–Crippen MR) is 79.4 cm³/mol. The maximum atomic E-state index is 4.91. The molecule has 3 nitrogen and oxygen atoms in total. The zero-order valence-corrected chi connectivity index (χ0v) is 11.7. The summed E-state index contributed by atoms with van der Waals surface area (Å²) in [6, 6.07) is 12.9. The lowest BCUT2D eigenvalue weighted by Crippen LogP contribution is -2.21. The van der Waals surface area contributed by atoms with Crippen LogP contribution < -0.4 is 0 Å². The Morgan fingerprint density at radius 1 is 1.11 bits per heavy atom. The minimum Gasteiger partial charge on any atom is -0.313 e. The van der Waals surface area contributed by atoms with Gasteiger partial charge in [0.1, 0.15) is 0 Å². The van der Waals surface area contributed by atoms with E-state index in [-0.39, 0.29) is 0 Å². The third-order valence-corrected chi connectivity index (χ3v) is 3.72. The molecule has 1 atom stereocenters. The molecule has 0 aliphatic carbocycles. The van der Waals surface area contributed by atoms with Gasteiger partial charge in [0.15, 0.2) is 0 Å². The Labute approximate surface area is 113 Å². The maximum absolute atomic E-state index is 4.91. The number of hydrogen-bond acceptors (Lipinski definition) is 2. The summed E-state index contributed by atoms with van der Waals surface area (Å²) in [6.45, 7) is 2.21. The van der Waals surface area contributed by atoms with Gasteiger partial charge in [-0.05, 0) is 44.8 Å². The highest BCUT2D eigenvalue weighted by molar-refractivity contribution is 5.79. The van der Waals surface area contributed by atoms with E-state index < -0.39 is 0 Å². The average Bonchev–Trinajstić information content (AvgIpc) is 2.88. The van der Waals surface area contributed by atoms with E-state index in [2.05, 4.69) is 66.8 Å². The van der Waals surface area contributed by atoms with Crippen molar-refractivity contribution in [3.8, 4) is 0 Å². The molecule has 3 aromatic rings. The summed E-state index contributed by atoms with van der Waals surface area (Å²) in [5.74, 6) is 0. The molecule has 0 aliphatic heterocycles. The minimum atomic E-state index is 0.349. The second-order valence-corrected chi connectivity index (χ2v) is 5.14. The van der Waals surface area contributed by atoms with Gasteiger partial charge in [-0.3, -0.25) is 0 Å². The number of rotatable bonds is 3. The summed E-state index contributed by atoms with van der Waals surface area (Å²) in [7, 11) is 4.23. The summed E-state index contributed by atoms with van der Waals surface area (Å²) >= 11 is 0. The molecule has 0 radical (unpaired) electrons. The number of para-hydroxylation sites is 2. The summed E-state index contributed by atoms with van der Waals surface area (Å²) < 4.78 is 2.24. The molecule has 0 saturated carbocycles. The van der Waals surface area contributed by atoms with Gasteiger partial charge in [0.05, 0.1) is 28.3 Å². The zero-order valence-electron chi connectivity index (χ0n) is 11.7. The lowest BCUT2D eigenvalue weighted by atomic mass is 10.1. The van der Waals surface area contributed by atoms with E-state index in [9.17, 15) is 0 Å². The molecule has 2 heterocycles. The van der Waals surface area contributed by atoms with Crippen LogP contribution >= 0.6 is 0 Å². The molecule has 1 unspecified atom stereocenters. The molecular weight excluding hydrogens is 234 g/mol. The monoisotopic (exact) mass is 253 g/mol. The minimum absolute atomic E-state index is 0.349. The van der Waals surface area contributed by atoms with Crippen LogP contribution in [0.5, 0.6) is 0 Å². The van der Waals surface area contributed by atoms with Gasteiger partial charge in [-0.25, -0.2) is 4.98 Å². The summed E-state index contributed by atoms with van der Waals surface area (Å²) in [4.78, 5) is 7.15. The lowest BCUT2D eigenvalue weighted by molar-refractivity contribution is 0.288. The largest absolute Gasteiger partial charge is 0.313 e. The van der Waals surface area contributed by atoms with E-state index in [4.69, 9.17) is 4.98 Å². The number of hydrogen-bond donors (Lipinski definition) is 0. The summed E-state index contributed by atoms with van der Waals surface area (Å²) in [5, 5.41) is 0. The molecule has 0 fully saturated rings. The van der Waals surface area contributed by atoms with Crippen LogP contribution in [0.4, 0.5) is 0 Å². The first-order chi connectivity index (χ1) is 9.22. The van der Waals surface area contributed by atoms with Crippen LogP contribution in [0, 0.1) is 0 Å². The Morgan fingerprint density at radius 2 is 1.84 bits per heavy atom. The number of nitrogens with zero attached hydrogens (tertiary/aromatic N) is 3. The van der Waals surface area contributed by atoms with Crippen molar-refractivity contribution < 1.29 is 0 Å². The van der Waals surface area contributed by atoms with Crippen molar-refractivity contribution in [2.75, 3.05) is 14.1 Å². The van der Waals surface area contributed by atoms with E-state index in [0.717, 1.165) is 17.6 Å². The molecule has 0 amide bonds. The standard InChI is InChI=1S/C16H19N3/c1-4-13(18(2)3)16-15-10-7-11-19(15)14-9-6-5-8-12(14)17-16/h5-11,13H,4H2,1-3H3. The van der Waals surface area contributed by atoms with Gasteiger partial charge in [0, 0.05) is 6.20 Å². The van der Waals surface area contributed by atoms with E-state index in [1.165, 1.54) is 11.0 Å². The van der Waals surface area contributed by atoms with Gasteiger partial charge in [-0.2, -0.15) is 0 Å². The number of benzene rings is 1. The highest BCUT2D eigenvalue weighted by atomic mass is 15.1. The number of aromatic nitrogens is 2. The number of fused-ring (bicyclic) bond motifs is 3. The lowest BCUT2D eigenvalue weighted by Gasteiger charge is -2.23. The highest BCUT2D eigenvalue weighted by Crippen LogP contribution is 2.27. The van der Waals surface area contributed by atoms with Crippen molar-refractivity contribution in [3.63, 3.8) is 0 Å². The molecule has 3 rings (SSSR count). The van der Waals surface area contributed by atoms with Crippen LogP contribution in [-0.2, 0) is 0 Å². The van der Waals surface area contributed by atoms with Gasteiger partial charge in [0.2, 0.25) is 0 Å². The van der Waals surface area contributed by atoms with Crippen molar-refractivity contribution in [1.82, 2.24) is 14.3 Å². The zero-order chi connectivity index (χ0) is 13.4. The molecule has 3 heteroatoms. The van der Waals surface area contributed by atoms with Crippen molar-refractivity contribution in [3.05, 3.63) is 48.3 Å². The second-order valence-electron chi connectivity index (χ2n) is 5.14. The van der Waals surface area contributed by atoms with Gasteiger partial charge in [-0.15, -0.1) is 0 Å². The fourth-order valence-corrected chi connectivity index (χ4v) is 2.80. The van der Waals surface area contributed by atoms with E-state index in [1.807, 2.05) is 6.07 Å². The van der Waals surface area contributed by atoms with Gasteiger partial charge in [-0.1, -0.05) is 19.1 Å². The molecule has 0 spiro atoms. The maximum Gasteiger partial charge on any atom is 0.0874 e. The fraction of sp³-hybridized carbons (Fsp3) is 0.312. The molecule has 0 aliphatic rings. The van der Waals surface area contributed by atoms with Gasteiger partial charge in [0.25, 0.3) is 0 Å². The van der Waals surface area contributed by atoms with Crippen LogP contribution in [-0.4, -0.2) is 28.4 Å². The quantitative estimate of drug-likeness (QED) is 0.712. The first kappa shape index (κ1) is 12.2. The topological polar surface area (TPSA) is 20.5 Å². The Hall–Kier alpha value is -1.87. The predicted octanol–water partition coefficient (Wildman–Crippen LogP) is 3.50. The Bertz CT molecular complexity index is 712. The molecule has 0 saturated heterocycles. The molecule has 1 aromatic carbocycles.